The lowest BCUT2D eigenvalue weighted by molar-refractivity contribution is 0.0734. The van der Waals surface area contributed by atoms with Gasteiger partial charge in [0.25, 0.3) is 5.91 Å². The SMILES string of the molecule is COc1cccc(-c2cc(-c3ccc(C(=O)N4CCc5ccccc5C4)cc3)[nH]n2)c1. The monoisotopic (exact) mass is 409 g/mol. The van der Waals surface area contributed by atoms with Crippen LogP contribution in [0.5, 0.6) is 5.75 Å². The molecule has 0 atom stereocenters. The van der Waals surface area contributed by atoms with Crippen molar-refractivity contribution < 1.29 is 9.53 Å². The van der Waals surface area contributed by atoms with Crippen LogP contribution in [0.4, 0.5) is 0 Å². The van der Waals surface area contributed by atoms with Gasteiger partial charge in [-0.15, -0.1) is 0 Å². The van der Waals surface area contributed by atoms with Gasteiger partial charge < -0.3 is 9.64 Å². The summed E-state index contributed by atoms with van der Waals surface area (Å²) in [6, 6.07) is 25.9. The lowest BCUT2D eigenvalue weighted by Gasteiger charge is -2.29. The van der Waals surface area contributed by atoms with Gasteiger partial charge in [-0.25, -0.2) is 0 Å². The molecule has 0 fully saturated rings. The molecule has 3 aromatic carbocycles. The van der Waals surface area contributed by atoms with E-state index in [-0.39, 0.29) is 5.91 Å². The molecule has 0 aliphatic carbocycles. The highest BCUT2D eigenvalue weighted by atomic mass is 16.5. The van der Waals surface area contributed by atoms with Gasteiger partial charge in [0.15, 0.2) is 0 Å². The Morgan fingerprint density at radius 1 is 0.935 bits per heavy atom. The Balaban J connectivity index is 1.32. The number of aromatic amines is 1. The van der Waals surface area contributed by atoms with E-state index >= 15 is 0 Å². The lowest BCUT2D eigenvalue weighted by Crippen LogP contribution is -2.35. The van der Waals surface area contributed by atoms with Crippen molar-refractivity contribution >= 4 is 5.91 Å². The van der Waals surface area contributed by atoms with Crippen LogP contribution in [0.15, 0.2) is 78.9 Å². The van der Waals surface area contributed by atoms with Gasteiger partial charge in [-0.05, 0) is 53.4 Å². The van der Waals surface area contributed by atoms with Crippen LogP contribution < -0.4 is 4.74 Å². The molecule has 1 aromatic heterocycles. The number of carbonyl (C=O) groups excluding carboxylic acids is 1. The zero-order valence-electron chi connectivity index (χ0n) is 17.3. The normalized spacial score (nSPS) is 13.0. The highest BCUT2D eigenvalue weighted by molar-refractivity contribution is 5.94. The smallest absolute Gasteiger partial charge is 0.254 e. The summed E-state index contributed by atoms with van der Waals surface area (Å²) < 4.78 is 5.30. The minimum atomic E-state index is 0.0720. The molecule has 1 aliphatic rings. The molecule has 0 radical (unpaired) electrons. The molecule has 0 unspecified atom stereocenters. The van der Waals surface area contributed by atoms with Gasteiger partial charge in [-0.1, -0.05) is 48.5 Å². The molecular weight excluding hydrogens is 386 g/mol. The van der Waals surface area contributed by atoms with Crippen LogP contribution in [0, 0.1) is 0 Å². The van der Waals surface area contributed by atoms with Gasteiger partial charge in [0.1, 0.15) is 5.75 Å². The van der Waals surface area contributed by atoms with E-state index in [1.54, 1.807) is 7.11 Å². The molecule has 5 heteroatoms. The zero-order valence-corrected chi connectivity index (χ0v) is 17.3. The van der Waals surface area contributed by atoms with E-state index < -0.39 is 0 Å². The fraction of sp³-hybridized carbons (Fsp3) is 0.154. The number of benzene rings is 3. The van der Waals surface area contributed by atoms with Crippen LogP contribution in [0.25, 0.3) is 22.5 Å². The first-order valence-electron chi connectivity index (χ1n) is 10.4. The Bertz CT molecular complexity index is 1230. The summed E-state index contributed by atoms with van der Waals surface area (Å²) in [4.78, 5) is 14.9. The van der Waals surface area contributed by atoms with Gasteiger partial charge in [-0.3, -0.25) is 9.89 Å². The minimum Gasteiger partial charge on any atom is -0.497 e. The summed E-state index contributed by atoms with van der Waals surface area (Å²) in [6.07, 6.45) is 0.904. The third-order valence-corrected chi connectivity index (χ3v) is 5.80. The third kappa shape index (κ3) is 3.82. The van der Waals surface area contributed by atoms with E-state index in [2.05, 4.69) is 28.4 Å². The molecule has 5 rings (SSSR count). The number of ether oxygens (including phenoxy) is 1. The number of nitrogens with zero attached hydrogens (tertiary/aromatic N) is 2. The predicted molar refractivity (Wildman–Crippen MR) is 121 cm³/mol. The van der Waals surface area contributed by atoms with Crippen LogP contribution in [0.2, 0.25) is 0 Å². The number of H-pyrrole nitrogens is 1. The maximum absolute atomic E-state index is 13.0. The van der Waals surface area contributed by atoms with Crippen LogP contribution in [0.3, 0.4) is 0 Å². The molecule has 1 N–H and O–H groups in total. The second kappa shape index (κ2) is 8.11. The van der Waals surface area contributed by atoms with E-state index in [1.807, 2.05) is 65.6 Å². The highest BCUT2D eigenvalue weighted by Crippen LogP contribution is 2.27. The summed E-state index contributed by atoms with van der Waals surface area (Å²) in [5, 5.41) is 7.53. The first-order chi connectivity index (χ1) is 15.2. The topological polar surface area (TPSA) is 58.2 Å². The summed E-state index contributed by atoms with van der Waals surface area (Å²) >= 11 is 0. The van der Waals surface area contributed by atoms with Gasteiger partial charge >= 0.3 is 0 Å². The molecule has 0 spiro atoms. The van der Waals surface area contributed by atoms with Crippen molar-refractivity contribution in [1.82, 2.24) is 15.1 Å². The van der Waals surface area contributed by atoms with Crippen molar-refractivity contribution in [3.05, 3.63) is 95.6 Å². The second-order valence-electron chi connectivity index (χ2n) is 7.72. The molecule has 0 saturated carbocycles. The van der Waals surface area contributed by atoms with E-state index in [1.165, 1.54) is 11.1 Å². The Morgan fingerprint density at radius 2 is 1.74 bits per heavy atom. The number of fused-ring (bicyclic) bond motifs is 1. The molecule has 31 heavy (non-hydrogen) atoms. The standard InChI is InChI=1S/C26H23N3O2/c1-31-23-8-4-7-21(15-23)25-16-24(27-28-25)19-9-11-20(12-10-19)26(30)29-14-13-18-5-2-3-6-22(18)17-29/h2-12,15-16H,13-14,17H2,1H3,(H,27,28). The molecule has 0 bridgehead atoms. The van der Waals surface area contributed by atoms with Gasteiger partial charge in [0.05, 0.1) is 18.5 Å². The molecule has 154 valence electrons. The van der Waals surface area contributed by atoms with Crippen molar-refractivity contribution in [3.8, 4) is 28.3 Å². The van der Waals surface area contributed by atoms with E-state index in [0.29, 0.717) is 12.1 Å². The third-order valence-electron chi connectivity index (χ3n) is 5.80. The fourth-order valence-electron chi connectivity index (χ4n) is 4.04. The molecule has 0 saturated heterocycles. The number of aromatic nitrogens is 2. The maximum Gasteiger partial charge on any atom is 0.254 e. The Morgan fingerprint density at radius 3 is 2.55 bits per heavy atom. The average Bonchev–Trinajstić information content (AvgIpc) is 3.34. The number of carbonyl (C=O) groups is 1. The molecule has 1 amide bonds. The Hall–Kier alpha value is -3.86. The van der Waals surface area contributed by atoms with E-state index in [0.717, 1.165) is 41.2 Å². The number of nitrogens with one attached hydrogen (secondary N) is 1. The first-order valence-corrected chi connectivity index (χ1v) is 10.4. The van der Waals surface area contributed by atoms with Crippen molar-refractivity contribution in [2.45, 2.75) is 13.0 Å². The van der Waals surface area contributed by atoms with Gasteiger partial charge in [-0.2, -0.15) is 5.10 Å². The van der Waals surface area contributed by atoms with Gasteiger partial charge in [0, 0.05) is 24.2 Å². The Labute approximate surface area is 181 Å². The van der Waals surface area contributed by atoms with Gasteiger partial charge in [0.2, 0.25) is 0 Å². The summed E-state index contributed by atoms with van der Waals surface area (Å²) in [5.74, 6) is 0.869. The van der Waals surface area contributed by atoms with Crippen LogP contribution in [-0.4, -0.2) is 34.7 Å². The van der Waals surface area contributed by atoms with Crippen LogP contribution in [-0.2, 0) is 13.0 Å². The Kier molecular flexibility index (Phi) is 5.00. The maximum atomic E-state index is 13.0. The van der Waals surface area contributed by atoms with E-state index in [4.69, 9.17) is 4.74 Å². The van der Waals surface area contributed by atoms with E-state index in [9.17, 15) is 4.79 Å². The predicted octanol–water partition coefficient (Wildman–Crippen LogP) is 4.95. The summed E-state index contributed by atoms with van der Waals surface area (Å²) in [5.41, 5.74) is 7.01. The quantitative estimate of drug-likeness (QED) is 0.519. The number of rotatable bonds is 4. The summed E-state index contributed by atoms with van der Waals surface area (Å²) in [7, 11) is 1.65. The molecule has 5 nitrogen and oxygen atoms in total. The largest absolute Gasteiger partial charge is 0.497 e. The number of methoxy groups -OCH3 is 1. The number of amides is 1. The molecule has 4 aromatic rings. The minimum absolute atomic E-state index is 0.0720. The van der Waals surface area contributed by atoms with Crippen LogP contribution in [0.1, 0.15) is 21.5 Å². The first kappa shape index (κ1) is 19.1. The zero-order chi connectivity index (χ0) is 21.2. The van der Waals surface area contributed by atoms with Crippen molar-refractivity contribution in [1.29, 1.82) is 0 Å². The molecule has 1 aliphatic heterocycles. The molecular formula is C26H23N3O2. The number of hydrogen-bond acceptors (Lipinski definition) is 3. The van der Waals surface area contributed by atoms with Crippen molar-refractivity contribution in [3.63, 3.8) is 0 Å². The average molecular weight is 409 g/mol. The molecule has 2 heterocycles. The van der Waals surface area contributed by atoms with Crippen molar-refractivity contribution in [2.75, 3.05) is 13.7 Å². The highest BCUT2D eigenvalue weighted by Gasteiger charge is 2.21. The summed E-state index contributed by atoms with van der Waals surface area (Å²) in [6.45, 7) is 1.42. The lowest BCUT2D eigenvalue weighted by atomic mass is 9.99. The van der Waals surface area contributed by atoms with Crippen molar-refractivity contribution in [2.24, 2.45) is 0 Å². The second-order valence-corrected chi connectivity index (χ2v) is 7.72. The fourth-order valence-corrected chi connectivity index (χ4v) is 4.04. The number of hydrogen-bond donors (Lipinski definition) is 1. The van der Waals surface area contributed by atoms with Crippen LogP contribution >= 0.6 is 0 Å².